The number of aromatic amines is 1. The zero-order chi connectivity index (χ0) is 18.6. The van der Waals surface area contributed by atoms with Gasteiger partial charge in [-0.1, -0.05) is 18.2 Å². The maximum absolute atomic E-state index is 13.0. The van der Waals surface area contributed by atoms with E-state index in [0.717, 1.165) is 48.4 Å². The Kier molecular flexibility index (Phi) is 4.82. The normalized spacial score (nSPS) is 16.9. The summed E-state index contributed by atoms with van der Waals surface area (Å²) in [6.07, 6.45) is 6.69. The molecule has 27 heavy (non-hydrogen) atoms. The first-order valence-corrected chi connectivity index (χ1v) is 9.18. The highest BCUT2D eigenvalue weighted by Gasteiger charge is 2.28. The van der Waals surface area contributed by atoms with Gasteiger partial charge in [-0.25, -0.2) is 9.78 Å². The van der Waals surface area contributed by atoms with Crippen LogP contribution in [0.3, 0.4) is 0 Å². The van der Waals surface area contributed by atoms with Crippen LogP contribution in [-0.2, 0) is 0 Å². The van der Waals surface area contributed by atoms with Crippen LogP contribution >= 0.6 is 0 Å². The lowest BCUT2D eigenvalue weighted by Crippen LogP contribution is -2.41. The number of amides is 2. The fraction of sp³-hybridized carbons (Fsp3) is 0.300. The smallest absolute Gasteiger partial charge is 0.317 e. The van der Waals surface area contributed by atoms with Crippen LogP contribution in [0.25, 0.3) is 11.4 Å². The van der Waals surface area contributed by atoms with E-state index < -0.39 is 0 Å². The molecule has 0 bridgehead atoms. The van der Waals surface area contributed by atoms with Crippen LogP contribution in [0.5, 0.6) is 0 Å². The molecule has 3 heterocycles. The summed E-state index contributed by atoms with van der Waals surface area (Å²) in [4.78, 5) is 23.4. The van der Waals surface area contributed by atoms with E-state index in [9.17, 15) is 4.79 Å². The molecule has 0 aliphatic carbocycles. The minimum atomic E-state index is -0.0909. The SMILES string of the molecule is Cc1nc(-c2cccc(NC(=O)N3CCCC[C@@H]3c3cccnc3)c2)n[nH]1. The number of nitrogens with zero attached hydrogens (tertiary/aromatic N) is 4. The zero-order valence-electron chi connectivity index (χ0n) is 15.2. The number of piperidine rings is 1. The van der Waals surface area contributed by atoms with E-state index in [4.69, 9.17) is 0 Å². The second-order valence-corrected chi connectivity index (χ2v) is 6.75. The summed E-state index contributed by atoms with van der Waals surface area (Å²) in [6, 6.07) is 11.5. The summed E-state index contributed by atoms with van der Waals surface area (Å²) in [5, 5.41) is 10.1. The van der Waals surface area contributed by atoms with Crippen molar-refractivity contribution in [1.29, 1.82) is 0 Å². The largest absolute Gasteiger partial charge is 0.322 e. The number of urea groups is 1. The Balaban J connectivity index is 1.52. The molecule has 1 fully saturated rings. The van der Waals surface area contributed by atoms with Crippen molar-refractivity contribution >= 4 is 11.7 Å². The molecule has 1 aliphatic heterocycles. The maximum Gasteiger partial charge on any atom is 0.322 e. The van der Waals surface area contributed by atoms with Gasteiger partial charge in [0.25, 0.3) is 0 Å². The van der Waals surface area contributed by atoms with Gasteiger partial charge in [0, 0.05) is 30.2 Å². The molecule has 1 atom stereocenters. The molecule has 2 amide bonds. The summed E-state index contributed by atoms with van der Waals surface area (Å²) in [5.74, 6) is 1.38. The molecule has 1 aromatic carbocycles. The minimum Gasteiger partial charge on any atom is -0.317 e. The van der Waals surface area contributed by atoms with Crippen molar-refractivity contribution in [3.8, 4) is 11.4 Å². The van der Waals surface area contributed by atoms with Gasteiger partial charge in [-0.05, 0) is 49.9 Å². The topological polar surface area (TPSA) is 86.8 Å². The Bertz CT molecular complexity index is 923. The van der Waals surface area contributed by atoms with Crippen molar-refractivity contribution in [2.45, 2.75) is 32.2 Å². The Labute approximate surface area is 157 Å². The van der Waals surface area contributed by atoms with Crippen LogP contribution in [0.15, 0.2) is 48.8 Å². The highest BCUT2D eigenvalue weighted by Crippen LogP contribution is 2.31. The van der Waals surface area contributed by atoms with Crippen LogP contribution in [0.1, 0.15) is 36.7 Å². The number of nitrogens with one attached hydrogen (secondary N) is 2. The number of carbonyl (C=O) groups excluding carboxylic acids is 1. The number of carbonyl (C=O) groups is 1. The van der Waals surface area contributed by atoms with Crippen molar-refractivity contribution in [2.75, 3.05) is 11.9 Å². The van der Waals surface area contributed by atoms with Crippen LogP contribution < -0.4 is 5.32 Å². The Morgan fingerprint density at radius 1 is 1.26 bits per heavy atom. The molecular weight excluding hydrogens is 340 g/mol. The lowest BCUT2D eigenvalue weighted by atomic mass is 9.97. The maximum atomic E-state index is 13.0. The van der Waals surface area contributed by atoms with Crippen LogP contribution in [0, 0.1) is 6.92 Å². The second kappa shape index (κ2) is 7.57. The van der Waals surface area contributed by atoms with Gasteiger partial charge in [-0.15, -0.1) is 0 Å². The standard InChI is InChI=1S/C20H22N6O/c1-14-22-19(25-24-14)15-6-4-8-17(12-15)23-20(27)26-11-3-2-9-18(26)16-7-5-10-21-13-16/h4-8,10,12-13,18H,2-3,9,11H2,1H3,(H,23,27)(H,22,24,25)/t18-/m1/s1. The summed E-state index contributed by atoms with van der Waals surface area (Å²) in [6.45, 7) is 2.60. The van der Waals surface area contributed by atoms with Crippen molar-refractivity contribution in [1.82, 2.24) is 25.1 Å². The molecule has 7 nitrogen and oxygen atoms in total. The van der Waals surface area contributed by atoms with Crippen molar-refractivity contribution in [3.05, 3.63) is 60.2 Å². The van der Waals surface area contributed by atoms with E-state index in [2.05, 4.69) is 25.5 Å². The fourth-order valence-corrected chi connectivity index (χ4v) is 3.50. The summed E-state index contributed by atoms with van der Waals surface area (Å²) >= 11 is 0. The van der Waals surface area contributed by atoms with Gasteiger partial charge in [0.1, 0.15) is 5.82 Å². The average molecular weight is 362 g/mol. The minimum absolute atomic E-state index is 0.0614. The highest BCUT2D eigenvalue weighted by molar-refractivity contribution is 5.90. The Hall–Kier alpha value is -3.22. The number of aromatic nitrogens is 4. The summed E-state index contributed by atoms with van der Waals surface area (Å²) < 4.78 is 0. The summed E-state index contributed by atoms with van der Waals surface area (Å²) in [5.41, 5.74) is 2.67. The first-order chi connectivity index (χ1) is 13.2. The van der Waals surface area contributed by atoms with Crippen molar-refractivity contribution in [3.63, 3.8) is 0 Å². The van der Waals surface area contributed by atoms with E-state index in [1.165, 1.54) is 0 Å². The van der Waals surface area contributed by atoms with Crippen molar-refractivity contribution < 1.29 is 4.79 Å². The van der Waals surface area contributed by atoms with Gasteiger partial charge in [-0.3, -0.25) is 10.1 Å². The number of benzene rings is 1. The Morgan fingerprint density at radius 2 is 2.19 bits per heavy atom. The molecular formula is C20H22N6O. The predicted molar refractivity (Wildman–Crippen MR) is 103 cm³/mol. The number of rotatable bonds is 3. The second-order valence-electron chi connectivity index (χ2n) is 6.75. The highest BCUT2D eigenvalue weighted by atomic mass is 16.2. The van der Waals surface area contributed by atoms with E-state index in [1.54, 1.807) is 6.20 Å². The molecule has 3 aromatic rings. The molecule has 138 valence electrons. The quantitative estimate of drug-likeness (QED) is 0.739. The molecule has 2 N–H and O–H groups in total. The van der Waals surface area contributed by atoms with E-state index >= 15 is 0 Å². The van der Waals surface area contributed by atoms with Crippen LogP contribution in [0.4, 0.5) is 10.5 Å². The van der Waals surface area contributed by atoms with Gasteiger partial charge < -0.3 is 10.2 Å². The zero-order valence-corrected chi connectivity index (χ0v) is 15.2. The average Bonchev–Trinajstić information content (AvgIpc) is 3.15. The van der Waals surface area contributed by atoms with Gasteiger partial charge in [0.15, 0.2) is 5.82 Å². The molecule has 1 aliphatic rings. The number of likely N-dealkylation sites (tertiary alicyclic amines) is 1. The number of pyridine rings is 1. The molecule has 0 spiro atoms. The van der Waals surface area contributed by atoms with Gasteiger partial charge in [0.05, 0.1) is 6.04 Å². The monoisotopic (exact) mass is 362 g/mol. The number of aryl methyl sites for hydroxylation is 1. The van der Waals surface area contributed by atoms with E-state index in [1.807, 2.05) is 54.4 Å². The van der Waals surface area contributed by atoms with Gasteiger partial charge >= 0.3 is 6.03 Å². The predicted octanol–water partition coefficient (Wildman–Crippen LogP) is 3.93. The number of hydrogen-bond donors (Lipinski definition) is 2. The number of anilines is 1. The Morgan fingerprint density at radius 3 is 2.96 bits per heavy atom. The molecule has 4 rings (SSSR count). The van der Waals surface area contributed by atoms with Crippen LogP contribution in [-0.4, -0.2) is 37.6 Å². The molecule has 0 unspecified atom stereocenters. The molecule has 0 saturated carbocycles. The van der Waals surface area contributed by atoms with Gasteiger partial charge in [-0.2, -0.15) is 5.10 Å². The van der Waals surface area contributed by atoms with E-state index in [-0.39, 0.29) is 12.1 Å². The number of hydrogen-bond acceptors (Lipinski definition) is 4. The number of H-pyrrole nitrogens is 1. The molecule has 1 saturated heterocycles. The molecule has 2 aromatic heterocycles. The van der Waals surface area contributed by atoms with Crippen LogP contribution in [0.2, 0.25) is 0 Å². The first kappa shape index (κ1) is 17.2. The molecule has 0 radical (unpaired) electrons. The van der Waals surface area contributed by atoms with Gasteiger partial charge in [0.2, 0.25) is 0 Å². The third kappa shape index (κ3) is 3.81. The lowest BCUT2D eigenvalue weighted by Gasteiger charge is -2.35. The third-order valence-electron chi connectivity index (χ3n) is 4.80. The third-order valence-corrected chi connectivity index (χ3v) is 4.80. The summed E-state index contributed by atoms with van der Waals surface area (Å²) in [7, 11) is 0. The van der Waals surface area contributed by atoms with Crippen molar-refractivity contribution in [2.24, 2.45) is 0 Å². The van der Waals surface area contributed by atoms with E-state index in [0.29, 0.717) is 5.82 Å². The first-order valence-electron chi connectivity index (χ1n) is 9.18. The lowest BCUT2D eigenvalue weighted by molar-refractivity contribution is 0.163. The molecule has 7 heteroatoms. The fourth-order valence-electron chi connectivity index (χ4n) is 3.50.